The Morgan fingerprint density at radius 1 is 1.12 bits per heavy atom. The highest BCUT2D eigenvalue weighted by Gasteiger charge is 2.30. The summed E-state index contributed by atoms with van der Waals surface area (Å²) in [5.74, 6) is 0.767. The molecular weight excluding hydrogens is 198 g/mol. The average molecular weight is 225 g/mol. The van der Waals surface area contributed by atoms with Gasteiger partial charge >= 0.3 is 0 Å². The average Bonchev–Trinajstić information content (AvgIpc) is 2.77. The second kappa shape index (κ2) is 5.48. The van der Waals surface area contributed by atoms with Gasteiger partial charge in [-0.05, 0) is 65.2 Å². The standard InChI is InChI=1S/C13H27N3/c1-11(2)15-7-4-13(5-8-15)16-6-3-12(9-14)10-16/h11-13H,3-10,14H2,1-2H3. The van der Waals surface area contributed by atoms with Crippen molar-refractivity contribution in [1.82, 2.24) is 9.80 Å². The lowest BCUT2D eigenvalue weighted by Crippen LogP contribution is -2.46. The first-order chi connectivity index (χ1) is 7.70. The molecule has 2 heterocycles. The van der Waals surface area contributed by atoms with Crippen molar-refractivity contribution >= 4 is 0 Å². The predicted octanol–water partition coefficient (Wildman–Crippen LogP) is 1.14. The monoisotopic (exact) mass is 225 g/mol. The van der Waals surface area contributed by atoms with Crippen molar-refractivity contribution in [3.05, 3.63) is 0 Å². The van der Waals surface area contributed by atoms with E-state index in [0.717, 1.165) is 24.5 Å². The topological polar surface area (TPSA) is 32.5 Å². The van der Waals surface area contributed by atoms with Crippen LogP contribution in [-0.2, 0) is 0 Å². The third-order valence-corrected chi connectivity index (χ3v) is 4.40. The molecule has 3 heteroatoms. The Kier molecular flexibility index (Phi) is 4.22. The Morgan fingerprint density at radius 3 is 2.31 bits per heavy atom. The van der Waals surface area contributed by atoms with Gasteiger partial charge in [0.2, 0.25) is 0 Å². The zero-order valence-corrected chi connectivity index (χ0v) is 10.9. The second-order valence-corrected chi connectivity index (χ2v) is 5.75. The van der Waals surface area contributed by atoms with E-state index in [0.29, 0.717) is 0 Å². The SMILES string of the molecule is CC(C)N1CCC(N2CCC(CN)C2)CC1. The normalized spacial score (nSPS) is 30.4. The Bertz CT molecular complexity index is 209. The van der Waals surface area contributed by atoms with Crippen LogP contribution in [0.3, 0.4) is 0 Å². The summed E-state index contributed by atoms with van der Waals surface area (Å²) in [5.41, 5.74) is 5.75. The fourth-order valence-electron chi connectivity index (χ4n) is 3.15. The molecule has 2 N–H and O–H groups in total. The van der Waals surface area contributed by atoms with Gasteiger partial charge in [0.25, 0.3) is 0 Å². The number of piperidine rings is 1. The summed E-state index contributed by atoms with van der Waals surface area (Å²) in [6.07, 6.45) is 4.03. The summed E-state index contributed by atoms with van der Waals surface area (Å²) in [6.45, 7) is 10.6. The van der Waals surface area contributed by atoms with E-state index in [1.165, 1.54) is 45.4 Å². The van der Waals surface area contributed by atoms with Crippen LogP contribution in [0.4, 0.5) is 0 Å². The first-order valence-corrected chi connectivity index (χ1v) is 6.89. The minimum absolute atomic E-state index is 0.719. The second-order valence-electron chi connectivity index (χ2n) is 5.75. The van der Waals surface area contributed by atoms with E-state index in [1.807, 2.05) is 0 Å². The number of rotatable bonds is 3. The highest BCUT2D eigenvalue weighted by Crippen LogP contribution is 2.24. The van der Waals surface area contributed by atoms with Crippen molar-refractivity contribution in [2.75, 3.05) is 32.7 Å². The maximum absolute atomic E-state index is 5.75. The van der Waals surface area contributed by atoms with E-state index in [4.69, 9.17) is 5.73 Å². The Labute approximate surface area is 100.0 Å². The molecule has 0 aromatic heterocycles. The molecule has 2 saturated heterocycles. The van der Waals surface area contributed by atoms with Crippen LogP contribution in [0.1, 0.15) is 33.1 Å². The van der Waals surface area contributed by atoms with Gasteiger partial charge in [-0.15, -0.1) is 0 Å². The molecule has 0 aliphatic carbocycles. The highest BCUT2D eigenvalue weighted by atomic mass is 15.2. The number of nitrogens with zero attached hydrogens (tertiary/aromatic N) is 2. The van der Waals surface area contributed by atoms with Crippen molar-refractivity contribution in [2.45, 2.75) is 45.2 Å². The highest BCUT2D eigenvalue weighted by molar-refractivity contribution is 4.86. The first-order valence-electron chi connectivity index (χ1n) is 6.89. The minimum Gasteiger partial charge on any atom is -0.330 e. The van der Waals surface area contributed by atoms with Crippen LogP contribution in [0.15, 0.2) is 0 Å². The summed E-state index contributed by atoms with van der Waals surface area (Å²) in [4.78, 5) is 5.29. The summed E-state index contributed by atoms with van der Waals surface area (Å²) < 4.78 is 0. The van der Waals surface area contributed by atoms with Gasteiger partial charge in [0.15, 0.2) is 0 Å². The fraction of sp³-hybridized carbons (Fsp3) is 1.00. The van der Waals surface area contributed by atoms with Gasteiger partial charge in [-0.25, -0.2) is 0 Å². The smallest absolute Gasteiger partial charge is 0.0120 e. The Morgan fingerprint density at radius 2 is 1.81 bits per heavy atom. The molecule has 3 nitrogen and oxygen atoms in total. The molecule has 2 rings (SSSR count). The lowest BCUT2D eigenvalue weighted by Gasteiger charge is -2.38. The Balaban J connectivity index is 1.77. The summed E-state index contributed by atoms with van der Waals surface area (Å²) in [6, 6.07) is 1.56. The summed E-state index contributed by atoms with van der Waals surface area (Å²) in [7, 11) is 0. The van der Waals surface area contributed by atoms with Gasteiger partial charge in [0.1, 0.15) is 0 Å². The number of hydrogen-bond acceptors (Lipinski definition) is 3. The van der Waals surface area contributed by atoms with Crippen LogP contribution in [0, 0.1) is 5.92 Å². The predicted molar refractivity (Wildman–Crippen MR) is 68.5 cm³/mol. The molecule has 0 amide bonds. The maximum atomic E-state index is 5.75. The third kappa shape index (κ3) is 2.76. The molecule has 2 fully saturated rings. The third-order valence-electron chi connectivity index (χ3n) is 4.40. The molecule has 0 aromatic rings. The summed E-state index contributed by atoms with van der Waals surface area (Å²) >= 11 is 0. The molecule has 0 radical (unpaired) electrons. The van der Waals surface area contributed by atoms with Crippen LogP contribution < -0.4 is 5.73 Å². The molecule has 1 unspecified atom stereocenters. The van der Waals surface area contributed by atoms with Gasteiger partial charge in [-0.2, -0.15) is 0 Å². The van der Waals surface area contributed by atoms with Gasteiger partial charge in [0, 0.05) is 18.6 Å². The molecule has 2 aliphatic rings. The van der Waals surface area contributed by atoms with E-state index < -0.39 is 0 Å². The van der Waals surface area contributed by atoms with Crippen LogP contribution in [-0.4, -0.2) is 54.6 Å². The fourth-order valence-corrected chi connectivity index (χ4v) is 3.15. The van der Waals surface area contributed by atoms with Crippen molar-refractivity contribution in [1.29, 1.82) is 0 Å². The van der Waals surface area contributed by atoms with Crippen molar-refractivity contribution in [3.63, 3.8) is 0 Å². The first kappa shape index (κ1) is 12.3. The van der Waals surface area contributed by atoms with Crippen LogP contribution in [0.25, 0.3) is 0 Å². The quantitative estimate of drug-likeness (QED) is 0.782. The molecule has 94 valence electrons. The molecule has 0 aromatic carbocycles. The molecule has 2 aliphatic heterocycles. The van der Waals surface area contributed by atoms with Crippen LogP contribution in [0.5, 0.6) is 0 Å². The van der Waals surface area contributed by atoms with E-state index in [2.05, 4.69) is 23.6 Å². The number of likely N-dealkylation sites (tertiary alicyclic amines) is 2. The van der Waals surface area contributed by atoms with Crippen molar-refractivity contribution in [2.24, 2.45) is 11.7 Å². The number of nitrogens with two attached hydrogens (primary N) is 1. The van der Waals surface area contributed by atoms with E-state index >= 15 is 0 Å². The van der Waals surface area contributed by atoms with Gasteiger partial charge in [0.05, 0.1) is 0 Å². The van der Waals surface area contributed by atoms with E-state index in [1.54, 1.807) is 0 Å². The van der Waals surface area contributed by atoms with Crippen molar-refractivity contribution < 1.29 is 0 Å². The van der Waals surface area contributed by atoms with E-state index in [9.17, 15) is 0 Å². The van der Waals surface area contributed by atoms with E-state index in [-0.39, 0.29) is 0 Å². The molecule has 1 atom stereocenters. The number of hydrogen-bond donors (Lipinski definition) is 1. The maximum Gasteiger partial charge on any atom is 0.0120 e. The van der Waals surface area contributed by atoms with Crippen LogP contribution >= 0.6 is 0 Å². The zero-order chi connectivity index (χ0) is 11.5. The lowest BCUT2D eigenvalue weighted by atomic mass is 10.0. The van der Waals surface area contributed by atoms with Crippen LogP contribution in [0.2, 0.25) is 0 Å². The lowest BCUT2D eigenvalue weighted by molar-refractivity contribution is 0.105. The molecule has 0 spiro atoms. The minimum atomic E-state index is 0.719. The van der Waals surface area contributed by atoms with Gasteiger partial charge < -0.3 is 10.6 Å². The van der Waals surface area contributed by atoms with Gasteiger partial charge in [-0.3, -0.25) is 4.90 Å². The summed E-state index contributed by atoms with van der Waals surface area (Å²) in [5, 5.41) is 0. The van der Waals surface area contributed by atoms with Crippen molar-refractivity contribution in [3.8, 4) is 0 Å². The molecular formula is C13H27N3. The van der Waals surface area contributed by atoms with Gasteiger partial charge in [-0.1, -0.05) is 0 Å². The Hall–Kier alpha value is -0.120. The molecule has 16 heavy (non-hydrogen) atoms. The zero-order valence-electron chi connectivity index (χ0n) is 10.9. The largest absolute Gasteiger partial charge is 0.330 e. The molecule has 0 saturated carbocycles. The molecule has 0 bridgehead atoms.